The van der Waals surface area contributed by atoms with E-state index in [1.807, 2.05) is 6.07 Å². The van der Waals surface area contributed by atoms with E-state index in [2.05, 4.69) is 31.7 Å². The van der Waals surface area contributed by atoms with Crippen molar-refractivity contribution in [3.05, 3.63) is 29.3 Å². The molecule has 0 N–H and O–H groups in total. The van der Waals surface area contributed by atoms with Crippen LogP contribution in [0.25, 0.3) is 0 Å². The second-order valence-electron chi connectivity index (χ2n) is 5.00. The fraction of sp³-hybridized carbons (Fsp3) is 0.500. The van der Waals surface area contributed by atoms with Crippen molar-refractivity contribution in [2.75, 3.05) is 11.4 Å². The molecule has 0 aliphatic carbocycles. The SMILES string of the molecule is CCCCCN(c1ccc(C=O)cc1C#N)C(C)C. The first kappa shape index (κ1) is 15.2. The van der Waals surface area contributed by atoms with Gasteiger partial charge in [-0.3, -0.25) is 4.79 Å². The lowest BCUT2D eigenvalue weighted by Gasteiger charge is -2.30. The van der Waals surface area contributed by atoms with Crippen LogP contribution in [0.5, 0.6) is 0 Å². The Labute approximate surface area is 115 Å². The van der Waals surface area contributed by atoms with Gasteiger partial charge in [-0.2, -0.15) is 5.26 Å². The summed E-state index contributed by atoms with van der Waals surface area (Å²) < 4.78 is 0. The third-order valence-corrected chi connectivity index (χ3v) is 3.21. The number of anilines is 1. The number of carbonyl (C=O) groups excluding carboxylic acids is 1. The van der Waals surface area contributed by atoms with Gasteiger partial charge in [0, 0.05) is 18.2 Å². The lowest BCUT2D eigenvalue weighted by Crippen LogP contribution is -2.32. The first-order valence-electron chi connectivity index (χ1n) is 6.90. The summed E-state index contributed by atoms with van der Waals surface area (Å²) in [6, 6.07) is 7.86. The zero-order valence-electron chi connectivity index (χ0n) is 12.0. The lowest BCUT2D eigenvalue weighted by atomic mass is 10.1. The Morgan fingerprint density at radius 2 is 2.11 bits per heavy atom. The summed E-state index contributed by atoms with van der Waals surface area (Å²) in [7, 11) is 0. The fourth-order valence-electron chi connectivity index (χ4n) is 2.16. The molecule has 0 radical (unpaired) electrons. The van der Waals surface area contributed by atoms with Gasteiger partial charge >= 0.3 is 0 Å². The molecule has 0 amide bonds. The molecule has 102 valence electrons. The molecular formula is C16H22N2O. The Balaban J connectivity index is 3.01. The average molecular weight is 258 g/mol. The third-order valence-electron chi connectivity index (χ3n) is 3.21. The Kier molecular flexibility index (Phi) is 6.08. The highest BCUT2D eigenvalue weighted by atomic mass is 16.1. The molecule has 19 heavy (non-hydrogen) atoms. The van der Waals surface area contributed by atoms with E-state index >= 15 is 0 Å². The van der Waals surface area contributed by atoms with Gasteiger partial charge in [0.05, 0.1) is 11.3 Å². The van der Waals surface area contributed by atoms with Crippen LogP contribution < -0.4 is 4.90 Å². The Hall–Kier alpha value is -1.82. The van der Waals surface area contributed by atoms with Gasteiger partial charge in [0.25, 0.3) is 0 Å². The molecule has 0 fully saturated rings. The molecule has 0 saturated heterocycles. The highest BCUT2D eigenvalue weighted by Gasteiger charge is 2.14. The normalized spacial score (nSPS) is 10.3. The molecule has 0 saturated carbocycles. The maximum atomic E-state index is 10.8. The molecule has 0 aliphatic heterocycles. The average Bonchev–Trinajstić information content (AvgIpc) is 2.43. The summed E-state index contributed by atoms with van der Waals surface area (Å²) in [5, 5.41) is 9.25. The number of unbranched alkanes of at least 4 members (excludes halogenated alkanes) is 2. The van der Waals surface area contributed by atoms with Crippen molar-refractivity contribution in [2.24, 2.45) is 0 Å². The second-order valence-corrected chi connectivity index (χ2v) is 5.00. The van der Waals surface area contributed by atoms with Crippen molar-refractivity contribution in [1.82, 2.24) is 0 Å². The molecule has 3 nitrogen and oxygen atoms in total. The minimum absolute atomic E-state index is 0.339. The molecule has 0 unspecified atom stereocenters. The van der Waals surface area contributed by atoms with E-state index in [1.165, 1.54) is 12.8 Å². The quantitative estimate of drug-likeness (QED) is 0.552. The van der Waals surface area contributed by atoms with E-state index < -0.39 is 0 Å². The molecular weight excluding hydrogens is 236 g/mol. The van der Waals surface area contributed by atoms with Crippen molar-refractivity contribution in [3.63, 3.8) is 0 Å². The molecule has 0 heterocycles. The first-order valence-corrected chi connectivity index (χ1v) is 6.90. The zero-order valence-corrected chi connectivity index (χ0v) is 12.0. The van der Waals surface area contributed by atoms with Crippen LogP contribution >= 0.6 is 0 Å². The first-order chi connectivity index (χ1) is 9.13. The summed E-state index contributed by atoms with van der Waals surface area (Å²) in [6.45, 7) is 7.38. The van der Waals surface area contributed by atoms with Gasteiger partial charge in [-0.1, -0.05) is 19.8 Å². The van der Waals surface area contributed by atoms with Crippen molar-refractivity contribution >= 4 is 12.0 Å². The highest BCUT2D eigenvalue weighted by molar-refractivity contribution is 5.78. The molecule has 0 bridgehead atoms. The molecule has 1 aromatic carbocycles. The molecule has 1 rings (SSSR count). The summed E-state index contributed by atoms with van der Waals surface area (Å²) >= 11 is 0. The summed E-state index contributed by atoms with van der Waals surface area (Å²) in [5.41, 5.74) is 2.06. The van der Waals surface area contributed by atoms with Crippen molar-refractivity contribution in [3.8, 4) is 6.07 Å². The zero-order chi connectivity index (χ0) is 14.3. The van der Waals surface area contributed by atoms with E-state index in [0.717, 1.165) is 24.9 Å². The number of nitriles is 1. The van der Waals surface area contributed by atoms with Gasteiger partial charge in [0.15, 0.2) is 0 Å². The Bertz CT molecular complexity index is 460. The Morgan fingerprint density at radius 1 is 1.37 bits per heavy atom. The molecule has 3 heteroatoms. The van der Waals surface area contributed by atoms with Crippen LogP contribution in [0.3, 0.4) is 0 Å². The van der Waals surface area contributed by atoms with Gasteiger partial charge < -0.3 is 4.90 Å². The van der Waals surface area contributed by atoms with Crippen molar-refractivity contribution in [1.29, 1.82) is 5.26 Å². The lowest BCUT2D eigenvalue weighted by molar-refractivity contribution is 0.112. The van der Waals surface area contributed by atoms with E-state index in [4.69, 9.17) is 0 Å². The van der Waals surface area contributed by atoms with Gasteiger partial charge in [-0.25, -0.2) is 0 Å². The minimum Gasteiger partial charge on any atom is -0.368 e. The van der Waals surface area contributed by atoms with Crippen LogP contribution in [-0.4, -0.2) is 18.9 Å². The number of hydrogen-bond acceptors (Lipinski definition) is 3. The molecule has 0 spiro atoms. The molecule has 0 aliphatic rings. The number of rotatable bonds is 7. The van der Waals surface area contributed by atoms with Crippen molar-refractivity contribution in [2.45, 2.75) is 46.1 Å². The monoisotopic (exact) mass is 258 g/mol. The van der Waals surface area contributed by atoms with Crippen molar-refractivity contribution < 1.29 is 4.79 Å². The number of carbonyl (C=O) groups is 1. The third kappa shape index (κ3) is 4.10. The standard InChI is InChI=1S/C16H22N2O/c1-4-5-6-9-18(13(2)3)16-8-7-14(12-19)10-15(16)11-17/h7-8,10,12-13H,4-6,9H2,1-3H3. The number of hydrogen-bond donors (Lipinski definition) is 0. The van der Waals surface area contributed by atoms with Crippen LogP contribution in [-0.2, 0) is 0 Å². The highest BCUT2D eigenvalue weighted by Crippen LogP contribution is 2.23. The minimum atomic E-state index is 0.339. The largest absolute Gasteiger partial charge is 0.368 e. The summed E-state index contributed by atoms with van der Waals surface area (Å²) in [6.07, 6.45) is 4.27. The van der Waals surface area contributed by atoms with Gasteiger partial charge in [-0.05, 0) is 38.5 Å². The van der Waals surface area contributed by atoms with Crippen LogP contribution in [0.2, 0.25) is 0 Å². The van der Waals surface area contributed by atoms with E-state index in [-0.39, 0.29) is 0 Å². The topological polar surface area (TPSA) is 44.1 Å². The predicted molar refractivity (Wildman–Crippen MR) is 78.6 cm³/mol. The van der Waals surface area contributed by atoms with E-state index in [1.54, 1.807) is 12.1 Å². The summed E-state index contributed by atoms with van der Waals surface area (Å²) in [4.78, 5) is 13.0. The number of benzene rings is 1. The van der Waals surface area contributed by atoms with Gasteiger partial charge in [-0.15, -0.1) is 0 Å². The smallest absolute Gasteiger partial charge is 0.150 e. The number of aldehydes is 1. The second kappa shape index (κ2) is 7.58. The van der Waals surface area contributed by atoms with Crippen LogP contribution in [0.1, 0.15) is 56.0 Å². The van der Waals surface area contributed by atoms with Crippen LogP contribution in [0.4, 0.5) is 5.69 Å². The van der Waals surface area contributed by atoms with Crippen LogP contribution in [0, 0.1) is 11.3 Å². The molecule has 0 atom stereocenters. The maximum Gasteiger partial charge on any atom is 0.150 e. The Morgan fingerprint density at radius 3 is 2.63 bits per heavy atom. The fourth-order valence-corrected chi connectivity index (χ4v) is 2.16. The molecule has 1 aromatic rings. The van der Waals surface area contributed by atoms with E-state index in [9.17, 15) is 10.1 Å². The predicted octanol–water partition coefficient (Wildman–Crippen LogP) is 3.78. The van der Waals surface area contributed by atoms with Gasteiger partial charge in [0.2, 0.25) is 0 Å². The number of nitrogens with zero attached hydrogens (tertiary/aromatic N) is 2. The van der Waals surface area contributed by atoms with Gasteiger partial charge in [0.1, 0.15) is 12.4 Å². The molecule has 0 aromatic heterocycles. The summed E-state index contributed by atoms with van der Waals surface area (Å²) in [5.74, 6) is 0. The maximum absolute atomic E-state index is 10.8. The van der Waals surface area contributed by atoms with E-state index in [0.29, 0.717) is 17.2 Å². The van der Waals surface area contributed by atoms with Crippen LogP contribution in [0.15, 0.2) is 18.2 Å².